The van der Waals surface area contributed by atoms with Gasteiger partial charge in [0.05, 0.1) is 5.75 Å². The molecule has 18 heavy (non-hydrogen) atoms. The van der Waals surface area contributed by atoms with Gasteiger partial charge in [-0.2, -0.15) is 0 Å². The van der Waals surface area contributed by atoms with Gasteiger partial charge in [-0.1, -0.05) is 12.8 Å². The van der Waals surface area contributed by atoms with Gasteiger partial charge in [-0.25, -0.2) is 13.1 Å². The lowest BCUT2D eigenvalue weighted by Crippen LogP contribution is -2.32. The molecule has 1 saturated heterocycles. The SMILES string of the molecule is O=S(=O)(CC1CCCC1)NCCC1CCCOC1. The van der Waals surface area contributed by atoms with E-state index in [-0.39, 0.29) is 0 Å². The van der Waals surface area contributed by atoms with Crippen molar-refractivity contribution in [2.24, 2.45) is 11.8 Å². The van der Waals surface area contributed by atoms with Crippen LogP contribution in [0, 0.1) is 11.8 Å². The van der Waals surface area contributed by atoms with Crippen LogP contribution in [-0.2, 0) is 14.8 Å². The van der Waals surface area contributed by atoms with E-state index in [1.54, 1.807) is 0 Å². The molecule has 5 heteroatoms. The normalized spacial score (nSPS) is 26.6. The molecule has 2 fully saturated rings. The minimum Gasteiger partial charge on any atom is -0.381 e. The summed E-state index contributed by atoms with van der Waals surface area (Å²) < 4.78 is 31.9. The van der Waals surface area contributed by atoms with Gasteiger partial charge in [0.15, 0.2) is 0 Å². The molecule has 106 valence electrons. The minimum atomic E-state index is -3.06. The molecule has 0 aromatic heterocycles. The topological polar surface area (TPSA) is 55.4 Å². The van der Waals surface area contributed by atoms with Crippen LogP contribution in [0.3, 0.4) is 0 Å². The monoisotopic (exact) mass is 275 g/mol. The average Bonchev–Trinajstić information content (AvgIpc) is 2.82. The lowest BCUT2D eigenvalue weighted by molar-refractivity contribution is 0.0523. The summed E-state index contributed by atoms with van der Waals surface area (Å²) in [6.07, 6.45) is 7.74. The average molecular weight is 275 g/mol. The molecule has 1 aliphatic carbocycles. The molecule has 0 radical (unpaired) electrons. The van der Waals surface area contributed by atoms with Gasteiger partial charge in [-0.15, -0.1) is 0 Å². The number of rotatable bonds is 6. The van der Waals surface area contributed by atoms with Crippen molar-refractivity contribution < 1.29 is 13.2 Å². The first kappa shape index (κ1) is 14.3. The van der Waals surface area contributed by atoms with E-state index in [9.17, 15) is 8.42 Å². The largest absolute Gasteiger partial charge is 0.381 e. The van der Waals surface area contributed by atoms with E-state index in [0.29, 0.717) is 24.1 Å². The summed E-state index contributed by atoms with van der Waals surface area (Å²) in [5.41, 5.74) is 0. The molecule has 0 amide bonds. The third-order valence-electron chi connectivity index (χ3n) is 4.06. The van der Waals surface area contributed by atoms with Crippen LogP contribution in [0.15, 0.2) is 0 Å². The first-order chi connectivity index (χ1) is 8.66. The van der Waals surface area contributed by atoms with Crippen molar-refractivity contribution in [2.75, 3.05) is 25.5 Å². The highest BCUT2D eigenvalue weighted by Crippen LogP contribution is 2.25. The zero-order chi connectivity index (χ0) is 12.8. The first-order valence-corrected chi connectivity index (χ1v) is 8.86. The van der Waals surface area contributed by atoms with Gasteiger partial charge < -0.3 is 4.74 Å². The molecule has 0 bridgehead atoms. The zero-order valence-corrected chi connectivity index (χ0v) is 11.9. The molecule has 0 aromatic carbocycles. The number of ether oxygens (including phenoxy) is 1. The fraction of sp³-hybridized carbons (Fsp3) is 1.00. The van der Waals surface area contributed by atoms with Gasteiger partial charge in [0, 0.05) is 19.8 Å². The molecule has 1 unspecified atom stereocenters. The lowest BCUT2D eigenvalue weighted by Gasteiger charge is -2.22. The Morgan fingerprint density at radius 2 is 1.78 bits per heavy atom. The Morgan fingerprint density at radius 3 is 2.44 bits per heavy atom. The van der Waals surface area contributed by atoms with Crippen LogP contribution in [0.25, 0.3) is 0 Å². The van der Waals surface area contributed by atoms with Gasteiger partial charge in [0.2, 0.25) is 10.0 Å². The van der Waals surface area contributed by atoms with Crippen molar-refractivity contribution in [3.63, 3.8) is 0 Å². The summed E-state index contributed by atoms with van der Waals surface area (Å²) in [6, 6.07) is 0. The Kier molecular flexibility index (Phi) is 5.45. The van der Waals surface area contributed by atoms with Crippen molar-refractivity contribution in [1.29, 1.82) is 0 Å². The molecule has 1 saturated carbocycles. The molecule has 0 aromatic rings. The summed E-state index contributed by atoms with van der Waals surface area (Å²) in [5.74, 6) is 1.25. The van der Waals surface area contributed by atoms with Gasteiger partial charge in [0.1, 0.15) is 0 Å². The van der Waals surface area contributed by atoms with Crippen LogP contribution < -0.4 is 4.72 Å². The third-order valence-corrected chi connectivity index (χ3v) is 5.61. The standard InChI is InChI=1S/C13H25NO3S/c15-18(16,11-13-4-1-2-5-13)14-8-7-12-6-3-9-17-10-12/h12-14H,1-11H2. The van der Waals surface area contributed by atoms with E-state index in [0.717, 1.165) is 38.9 Å². The van der Waals surface area contributed by atoms with Gasteiger partial charge >= 0.3 is 0 Å². The number of nitrogens with one attached hydrogen (secondary N) is 1. The number of hydrogen-bond acceptors (Lipinski definition) is 3. The zero-order valence-electron chi connectivity index (χ0n) is 11.1. The molecule has 1 aliphatic heterocycles. The molecule has 1 N–H and O–H groups in total. The van der Waals surface area contributed by atoms with E-state index < -0.39 is 10.0 Å². The summed E-state index contributed by atoms with van der Waals surface area (Å²) in [5, 5.41) is 0. The van der Waals surface area contributed by atoms with Gasteiger partial charge in [-0.3, -0.25) is 0 Å². The smallest absolute Gasteiger partial charge is 0.211 e. The van der Waals surface area contributed by atoms with E-state index in [1.165, 1.54) is 19.3 Å². The minimum absolute atomic E-state index is 0.328. The molecule has 2 rings (SSSR count). The van der Waals surface area contributed by atoms with E-state index in [4.69, 9.17) is 4.74 Å². The second-order valence-corrected chi connectivity index (χ2v) is 7.55. The molecular weight excluding hydrogens is 250 g/mol. The maximum atomic E-state index is 11.9. The fourth-order valence-corrected chi connectivity index (χ4v) is 4.50. The Morgan fingerprint density at radius 1 is 1.06 bits per heavy atom. The Labute approximate surface area is 111 Å². The van der Waals surface area contributed by atoms with Crippen molar-refractivity contribution >= 4 is 10.0 Å². The van der Waals surface area contributed by atoms with Crippen LogP contribution in [0.2, 0.25) is 0 Å². The van der Waals surface area contributed by atoms with Crippen LogP contribution in [0.5, 0.6) is 0 Å². The summed E-state index contributed by atoms with van der Waals surface area (Å²) >= 11 is 0. The number of sulfonamides is 1. The van der Waals surface area contributed by atoms with Gasteiger partial charge in [0.25, 0.3) is 0 Å². The molecule has 2 aliphatic rings. The van der Waals surface area contributed by atoms with E-state index in [2.05, 4.69) is 4.72 Å². The first-order valence-electron chi connectivity index (χ1n) is 7.21. The summed E-state index contributed by atoms with van der Waals surface area (Å²) in [6.45, 7) is 2.23. The fourth-order valence-electron chi connectivity index (χ4n) is 3.00. The highest BCUT2D eigenvalue weighted by Gasteiger charge is 2.22. The van der Waals surface area contributed by atoms with Crippen LogP contribution in [-0.4, -0.2) is 33.9 Å². The third kappa shape index (κ3) is 4.86. The molecule has 0 spiro atoms. The van der Waals surface area contributed by atoms with Crippen LogP contribution in [0.4, 0.5) is 0 Å². The predicted molar refractivity (Wildman–Crippen MR) is 71.9 cm³/mol. The molecule has 4 nitrogen and oxygen atoms in total. The second kappa shape index (κ2) is 6.87. The van der Waals surface area contributed by atoms with Crippen molar-refractivity contribution in [1.82, 2.24) is 4.72 Å². The summed E-state index contributed by atoms with van der Waals surface area (Å²) in [4.78, 5) is 0. The van der Waals surface area contributed by atoms with Crippen LogP contribution in [0.1, 0.15) is 44.9 Å². The maximum Gasteiger partial charge on any atom is 0.211 e. The lowest BCUT2D eigenvalue weighted by atomic mass is 9.99. The van der Waals surface area contributed by atoms with Crippen molar-refractivity contribution in [3.8, 4) is 0 Å². The molecule has 1 heterocycles. The number of hydrogen-bond donors (Lipinski definition) is 1. The van der Waals surface area contributed by atoms with Crippen LogP contribution >= 0.6 is 0 Å². The highest BCUT2D eigenvalue weighted by molar-refractivity contribution is 7.89. The van der Waals surface area contributed by atoms with E-state index in [1.807, 2.05) is 0 Å². The molecule has 1 atom stereocenters. The van der Waals surface area contributed by atoms with Crippen molar-refractivity contribution in [2.45, 2.75) is 44.9 Å². The quantitative estimate of drug-likeness (QED) is 0.805. The maximum absolute atomic E-state index is 11.9. The second-order valence-electron chi connectivity index (χ2n) is 5.70. The highest BCUT2D eigenvalue weighted by atomic mass is 32.2. The molecular formula is C13H25NO3S. The van der Waals surface area contributed by atoms with E-state index >= 15 is 0 Å². The Hall–Kier alpha value is -0.130. The van der Waals surface area contributed by atoms with Crippen molar-refractivity contribution in [3.05, 3.63) is 0 Å². The predicted octanol–water partition coefficient (Wildman–Crippen LogP) is 1.91. The Bertz CT molecular complexity index is 330. The Balaban J connectivity index is 1.64. The van der Waals surface area contributed by atoms with Gasteiger partial charge in [-0.05, 0) is 43.9 Å². The summed E-state index contributed by atoms with van der Waals surface area (Å²) in [7, 11) is -3.06.